The maximum absolute atomic E-state index is 9.29. The SMILES string of the molecule is Oc1ccc(Cc2ccc(-c3ccccc3)cc2)cc1. The molecule has 3 aromatic carbocycles. The molecule has 98 valence electrons. The Kier molecular flexibility index (Phi) is 3.51. The van der Waals surface area contributed by atoms with E-state index >= 15 is 0 Å². The van der Waals surface area contributed by atoms with Gasteiger partial charge in [-0.15, -0.1) is 0 Å². The van der Waals surface area contributed by atoms with E-state index in [0.29, 0.717) is 5.75 Å². The standard InChI is InChI=1S/C19H16O/c20-19-12-8-16(9-13-19)14-15-6-10-18(11-7-15)17-4-2-1-3-5-17/h1-13,20H,14H2. The van der Waals surface area contributed by atoms with Gasteiger partial charge >= 0.3 is 0 Å². The van der Waals surface area contributed by atoms with Gasteiger partial charge in [0.25, 0.3) is 0 Å². The van der Waals surface area contributed by atoms with E-state index < -0.39 is 0 Å². The van der Waals surface area contributed by atoms with E-state index in [2.05, 4.69) is 48.5 Å². The molecule has 0 atom stereocenters. The van der Waals surface area contributed by atoms with E-state index in [0.717, 1.165) is 6.42 Å². The molecule has 0 fully saturated rings. The fraction of sp³-hybridized carbons (Fsp3) is 0.0526. The molecule has 3 aromatic rings. The zero-order valence-corrected chi connectivity index (χ0v) is 11.2. The summed E-state index contributed by atoms with van der Waals surface area (Å²) in [6, 6.07) is 26.4. The van der Waals surface area contributed by atoms with Crippen LogP contribution in [0.15, 0.2) is 78.9 Å². The van der Waals surface area contributed by atoms with Gasteiger partial charge in [-0.2, -0.15) is 0 Å². The van der Waals surface area contributed by atoms with Crippen molar-refractivity contribution in [2.45, 2.75) is 6.42 Å². The number of hydrogen-bond acceptors (Lipinski definition) is 1. The Morgan fingerprint density at radius 3 is 1.65 bits per heavy atom. The second-order valence-corrected chi connectivity index (χ2v) is 4.91. The van der Waals surface area contributed by atoms with Crippen LogP contribution < -0.4 is 0 Å². The summed E-state index contributed by atoms with van der Waals surface area (Å²) in [5.74, 6) is 0.313. The minimum Gasteiger partial charge on any atom is -0.508 e. The Bertz CT molecular complexity index is 667. The van der Waals surface area contributed by atoms with Crippen LogP contribution in [-0.4, -0.2) is 5.11 Å². The summed E-state index contributed by atoms with van der Waals surface area (Å²) in [6.07, 6.45) is 0.884. The Morgan fingerprint density at radius 1 is 0.550 bits per heavy atom. The molecule has 0 bridgehead atoms. The lowest BCUT2D eigenvalue weighted by Gasteiger charge is -2.05. The molecule has 1 nitrogen and oxygen atoms in total. The first-order valence-corrected chi connectivity index (χ1v) is 6.73. The van der Waals surface area contributed by atoms with Crippen molar-refractivity contribution in [3.05, 3.63) is 90.0 Å². The third kappa shape index (κ3) is 2.89. The molecular weight excluding hydrogens is 244 g/mol. The molecule has 1 N–H and O–H groups in total. The van der Waals surface area contributed by atoms with E-state index in [1.807, 2.05) is 18.2 Å². The Hall–Kier alpha value is -2.54. The molecule has 0 radical (unpaired) electrons. The van der Waals surface area contributed by atoms with Crippen molar-refractivity contribution in [3.63, 3.8) is 0 Å². The molecule has 0 spiro atoms. The lowest BCUT2D eigenvalue weighted by molar-refractivity contribution is 0.475. The number of hydrogen-bond donors (Lipinski definition) is 1. The van der Waals surface area contributed by atoms with Gasteiger partial charge in [-0.1, -0.05) is 66.7 Å². The predicted molar refractivity (Wildman–Crippen MR) is 82.8 cm³/mol. The first kappa shape index (κ1) is 12.5. The van der Waals surface area contributed by atoms with Crippen LogP contribution in [0.3, 0.4) is 0 Å². The van der Waals surface area contributed by atoms with Gasteiger partial charge < -0.3 is 5.11 Å². The highest BCUT2D eigenvalue weighted by molar-refractivity contribution is 5.63. The predicted octanol–water partition coefficient (Wildman–Crippen LogP) is 4.65. The van der Waals surface area contributed by atoms with Crippen LogP contribution in [0.2, 0.25) is 0 Å². The van der Waals surface area contributed by atoms with Gasteiger partial charge in [0.05, 0.1) is 0 Å². The largest absolute Gasteiger partial charge is 0.508 e. The number of rotatable bonds is 3. The maximum atomic E-state index is 9.29. The van der Waals surface area contributed by atoms with Crippen LogP contribution in [0, 0.1) is 0 Å². The van der Waals surface area contributed by atoms with Gasteiger partial charge in [-0.05, 0) is 40.8 Å². The van der Waals surface area contributed by atoms with Crippen molar-refractivity contribution < 1.29 is 5.11 Å². The molecule has 3 rings (SSSR count). The number of phenolic OH excluding ortho intramolecular Hbond substituents is 1. The Morgan fingerprint density at radius 2 is 1.05 bits per heavy atom. The number of benzene rings is 3. The molecule has 0 aromatic heterocycles. The molecular formula is C19H16O. The van der Waals surface area contributed by atoms with Crippen LogP contribution in [0.25, 0.3) is 11.1 Å². The third-order valence-corrected chi connectivity index (χ3v) is 3.41. The first-order chi connectivity index (χ1) is 9.81. The summed E-state index contributed by atoms with van der Waals surface area (Å²) in [7, 11) is 0. The highest BCUT2D eigenvalue weighted by atomic mass is 16.3. The van der Waals surface area contributed by atoms with Crippen molar-refractivity contribution >= 4 is 0 Å². The molecule has 1 heteroatoms. The monoisotopic (exact) mass is 260 g/mol. The normalized spacial score (nSPS) is 10.4. The molecule has 0 amide bonds. The van der Waals surface area contributed by atoms with Crippen molar-refractivity contribution in [3.8, 4) is 16.9 Å². The van der Waals surface area contributed by atoms with Crippen LogP contribution in [0.5, 0.6) is 5.75 Å². The van der Waals surface area contributed by atoms with E-state index in [1.165, 1.54) is 22.3 Å². The minimum absolute atomic E-state index is 0.313. The third-order valence-electron chi connectivity index (χ3n) is 3.41. The molecule has 0 aliphatic carbocycles. The van der Waals surface area contributed by atoms with Crippen LogP contribution in [0.1, 0.15) is 11.1 Å². The summed E-state index contributed by atoms with van der Waals surface area (Å²) in [5, 5.41) is 9.29. The zero-order chi connectivity index (χ0) is 13.8. The fourth-order valence-electron chi connectivity index (χ4n) is 2.30. The van der Waals surface area contributed by atoms with Gasteiger partial charge in [0.2, 0.25) is 0 Å². The fourth-order valence-corrected chi connectivity index (χ4v) is 2.30. The zero-order valence-electron chi connectivity index (χ0n) is 11.2. The lowest BCUT2D eigenvalue weighted by atomic mass is 10.0. The van der Waals surface area contributed by atoms with Crippen molar-refractivity contribution in [2.75, 3.05) is 0 Å². The average molecular weight is 260 g/mol. The second kappa shape index (κ2) is 5.62. The van der Waals surface area contributed by atoms with Gasteiger partial charge in [-0.3, -0.25) is 0 Å². The highest BCUT2D eigenvalue weighted by Gasteiger charge is 1.99. The highest BCUT2D eigenvalue weighted by Crippen LogP contribution is 2.20. The van der Waals surface area contributed by atoms with Crippen molar-refractivity contribution in [2.24, 2.45) is 0 Å². The van der Waals surface area contributed by atoms with Gasteiger partial charge in [-0.25, -0.2) is 0 Å². The molecule has 0 aliphatic rings. The molecule has 0 heterocycles. The van der Waals surface area contributed by atoms with Gasteiger partial charge in [0, 0.05) is 0 Å². The topological polar surface area (TPSA) is 20.2 Å². The van der Waals surface area contributed by atoms with Crippen molar-refractivity contribution in [1.82, 2.24) is 0 Å². The number of aromatic hydroxyl groups is 1. The lowest BCUT2D eigenvalue weighted by Crippen LogP contribution is -1.87. The quantitative estimate of drug-likeness (QED) is 0.726. The minimum atomic E-state index is 0.313. The molecule has 20 heavy (non-hydrogen) atoms. The maximum Gasteiger partial charge on any atom is 0.115 e. The summed E-state index contributed by atoms with van der Waals surface area (Å²) >= 11 is 0. The van der Waals surface area contributed by atoms with Crippen LogP contribution in [0.4, 0.5) is 0 Å². The van der Waals surface area contributed by atoms with E-state index in [4.69, 9.17) is 0 Å². The smallest absolute Gasteiger partial charge is 0.115 e. The first-order valence-electron chi connectivity index (χ1n) is 6.73. The van der Waals surface area contributed by atoms with E-state index in [-0.39, 0.29) is 0 Å². The molecule has 0 unspecified atom stereocenters. The summed E-state index contributed by atoms with van der Waals surface area (Å²) in [6.45, 7) is 0. The van der Waals surface area contributed by atoms with Crippen LogP contribution >= 0.6 is 0 Å². The second-order valence-electron chi connectivity index (χ2n) is 4.91. The summed E-state index contributed by atoms with van der Waals surface area (Å²) in [4.78, 5) is 0. The van der Waals surface area contributed by atoms with E-state index in [1.54, 1.807) is 12.1 Å². The molecule has 0 aliphatic heterocycles. The summed E-state index contributed by atoms with van der Waals surface area (Å²) in [5.41, 5.74) is 4.95. The average Bonchev–Trinajstić information content (AvgIpc) is 2.51. The van der Waals surface area contributed by atoms with Crippen LogP contribution in [-0.2, 0) is 6.42 Å². The Balaban J connectivity index is 1.78. The Labute approximate surface area is 119 Å². The van der Waals surface area contributed by atoms with Gasteiger partial charge in [0.1, 0.15) is 5.75 Å². The summed E-state index contributed by atoms with van der Waals surface area (Å²) < 4.78 is 0. The van der Waals surface area contributed by atoms with E-state index in [9.17, 15) is 5.11 Å². The van der Waals surface area contributed by atoms with Gasteiger partial charge in [0.15, 0.2) is 0 Å². The van der Waals surface area contributed by atoms with Crippen molar-refractivity contribution in [1.29, 1.82) is 0 Å². The number of phenols is 1. The molecule has 0 saturated heterocycles. The molecule has 0 saturated carbocycles.